The average Bonchev–Trinajstić information content (AvgIpc) is 2.60. The fraction of sp³-hybridized carbons (Fsp3) is 0.167. The lowest BCUT2D eigenvalue weighted by molar-refractivity contribution is -0.116. The van der Waals surface area contributed by atoms with E-state index in [1.807, 2.05) is 6.07 Å². The number of sulfonamides is 1. The van der Waals surface area contributed by atoms with Crippen molar-refractivity contribution in [3.8, 4) is 0 Å². The highest BCUT2D eigenvalue weighted by molar-refractivity contribution is 7.89. The smallest absolute Gasteiger partial charge is 0.244 e. The van der Waals surface area contributed by atoms with Gasteiger partial charge in [0.2, 0.25) is 15.9 Å². The molecule has 0 spiro atoms. The van der Waals surface area contributed by atoms with Crippen molar-refractivity contribution >= 4 is 22.0 Å². The molecule has 0 aliphatic rings. The lowest BCUT2D eigenvalue weighted by Crippen LogP contribution is -2.33. The van der Waals surface area contributed by atoms with Gasteiger partial charge in [-0.3, -0.25) is 4.79 Å². The van der Waals surface area contributed by atoms with Crippen LogP contribution in [0.25, 0.3) is 6.08 Å². The third-order valence-corrected chi connectivity index (χ3v) is 4.74. The molecule has 8 heteroatoms. The first-order valence-corrected chi connectivity index (χ1v) is 9.44. The predicted octanol–water partition coefficient (Wildman–Crippen LogP) is 2.21. The molecule has 1 amide bonds. The molecule has 0 atom stereocenters. The molecule has 0 aliphatic heterocycles. The van der Waals surface area contributed by atoms with Gasteiger partial charge < -0.3 is 5.32 Å². The maximum absolute atomic E-state index is 13.4. The van der Waals surface area contributed by atoms with E-state index in [2.05, 4.69) is 10.0 Å². The van der Waals surface area contributed by atoms with Gasteiger partial charge in [-0.15, -0.1) is 0 Å². The maximum Gasteiger partial charge on any atom is 0.244 e. The SMILES string of the molecule is O=C(C=Cc1c(F)cccc1F)NCCS(=O)(=O)NCc1ccccc1. The molecule has 2 N–H and O–H groups in total. The standard InChI is InChI=1S/C18H18F2N2O3S/c19-16-7-4-8-17(20)15(16)9-10-18(23)21-11-12-26(24,25)22-13-14-5-2-1-3-6-14/h1-10,22H,11-13H2,(H,21,23). The summed E-state index contributed by atoms with van der Waals surface area (Å²) in [6.07, 6.45) is 1.95. The number of nitrogens with one attached hydrogen (secondary N) is 2. The Balaban J connectivity index is 1.79. The Bertz CT molecular complexity index is 864. The second-order valence-electron chi connectivity index (χ2n) is 5.39. The van der Waals surface area contributed by atoms with E-state index in [0.717, 1.165) is 29.8 Å². The van der Waals surface area contributed by atoms with Gasteiger partial charge in [-0.25, -0.2) is 21.9 Å². The number of benzene rings is 2. The first-order chi connectivity index (χ1) is 12.4. The number of carbonyl (C=O) groups is 1. The van der Waals surface area contributed by atoms with Crippen molar-refractivity contribution < 1.29 is 22.0 Å². The molecule has 138 valence electrons. The van der Waals surface area contributed by atoms with Crippen LogP contribution >= 0.6 is 0 Å². The molecule has 0 saturated carbocycles. The normalized spacial score (nSPS) is 11.6. The minimum atomic E-state index is -3.56. The Morgan fingerprint density at radius 1 is 1.00 bits per heavy atom. The van der Waals surface area contributed by atoms with Crippen molar-refractivity contribution in [2.75, 3.05) is 12.3 Å². The number of hydrogen-bond donors (Lipinski definition) is 2. The minimum absolute atomic E-state index is 0.132. The van der Waals surface area contributed by atoms with Gasteiger partial charge in [-0.1, -0.05) is 36.4 Å². The molecule has 2 aromatic rings. The lowest BCUT2D eigenvalue weighted by atomic mass is 10.2. The lowest BCUT2D eigenvalue weighted by Gasteiger charge is -2.07. The molecule has 26 heavy (non-hydrogen) atoms. The second-order valence-corrected chi connectivity index (χ2v) is 7.31. The van der Waals surface area contributed by atoms with Crippen molar-refractivity contribution in [3.63, 3.8) is 0 Å². The van der Waals surface area contributed by atoms with Crippen molar-refractivity contribution in [1.29, 1.82) is 0 Å². The molecular weight excluding hydrogens is 362 g/mol. The van der Waals surface area contributed by atoms with E-state index >= 15 is 0 Å². The van der Waals surface area contributed by atoms with Crippen LogP contribution in [0.4, 0.5) is 8.78 Å². The highest BCUT2D eigenvalue weighted by Gasteiger charge is 2.10. The summed E-state index contributed by atoms with van der Waals surface area (Å²) >= 11 is 0. The molecule has 2 rings (SSSR count). The average molecular weight is 380 g/mol. The van der Waals surface area contributed by atoms with E-state index < -0.39 is 27.6 Å². The van der Waals surface area contributed by atoms with Gasteiger partial charge in [-0.05, 0) is 23.8 Å². The van der Waals surface area contributed by atoms with Gasteiger partial charge in [0.15, 0.2) is 0 Å². The van der Waals surface area contributed by atoms with Crippen molar-refractivity contribution in [2.24, 2.45) is 0 Å². The zero-order valence-electron chi connectivity index (χ0n) is 13.8. The number of rotatable bonds is 8. The molecule has 0 aromatic heterocycles. The molecule has 0 fully saturated rings. The van der Waals surface area contributed by atoms with Crippen LogP contribution in [-0.4, -0.2) is 26.6 Å². The van der Waals surface area contributed by atoms with Gasteiger partial charge in [0.05, 0.1) is 5.75 Å². The van der Waals surface area contributed by atoms with Crippen LogP contribution in [0.1, 0.15) is 11.1 Å². The molecule has 5 nitrogen and oxygen atoms in total. The summed E-state index contributed by atoms with van der Waals surface area (Å²) in [5.74, 6) is -2.54. The molecule has 0 unspecified atom stereocenters. The zero-order chi connectivity index (χ0) is 19.0. The van der Waals surface area contributed by atoms with Crippen molar-refractivity contribution in [3.05, 3.63) is 77.4 Å². The minimum Gasteiger partial charge on any atom is -0.351 e. The Labute approximate surface area is 150 Å². The quantitative estimate of drug-likeness (QED) is 0.690. The van der Waals surface area contributed by atoms with Crippen molar-refractivity contribution in [1.82, 2.24) is 10.0 Å². The van der Waals surface area contributed by atoms with E-state index in [0.29, 0.717) is 0 Å². The predicted molar refractivity (Wildman–Crippen MR) is 95.5 cm³/mol. The topological polar surface area (TPSA) is 75.3 Å². The Morgan fingerprint density at radius 2 is 1.65 bits per heavy atom. The third-order valence-electron chi connectivity index (χ3n) is 3.41. The van der Waals surface area contributed by atoms with Crippen LogP contribution < -0.4 is 10.0 Å². The monoisotopic (exact) mass is 380 g/mol. The summed E-state index contributed by atoms with van der Waals surface area (Å²) in [7, 11) is -3.56. The van der Waals surface area contributed by atoms with Crippen LogP contribution in [0.15, 0.2) is 54.6 Å². The first kappa shape index (κ1) is 19.7. The molecule has 0 saturated heterocycles. The van der Waals surface area contributed by atoms with E-state index in [4.69, 9.17) is 0 Å². The van der Waals surface area contributed by atoms with E-state index in [1.165, 1.54) is 6.07 Å². The Hall–Kier alpha value is -2.58. The van der Waals surface area contributed by atoms with Crippen LogP contribution in [0.3, 0.4) is 0 Å². The number of halogens is 2. The molecule has 0 heterocycles. The Kier molecular flexibility index (Phi) is 6.99. The van der Waals surface area contributed by atoms with Gasteiger partial charge in [-0.2, -0.15) is 0 Å². The molecule has 0 radical (unpaired) electrons. The summed E-state index contributed by atoms with van der Waals surface area (Å²) < 4.78 is 53.0. The van der Waals surface area contributed by atoms with Gasteiger partial charge in [0.1, 0.15) is 11.6 Å². The fourth-order valence-electron chi connectivity index (χ4n) is 2.06. The maximum atomic E-state index is 13.4. The largest absolute Gasteiger partial charge is 0.351 e. The second kappa shape index (κ2) is 9.21. The molecular formula is C18H18F2N2O3S. The van der Waals surface area contributed by atoms with Crippen LogP contribution in [0, 0.1) is 11.6 Å². The molecule has 2 aromatic carbocycles. The van der Waals surface area contributed by atoms with Crippen molar-refractivity contribution in [2.45, 2.75) is 6.54 Å². The number of amides is 1. The summed E-state index contributed by atoms with van der Waals surface area (Å²) in [6, 6.07) is 12.4. The third kappa shape index (κ3) is 6.38. The van der Waals surface area contributed by atoms with Gasteiger partial charge in [0.25, 0.3) is 0 Å². The first-order valence-electron chi connectivity index (χ1n) is 7.78. The van der Waals surface area contributed by atoms with Crippen LogP contribution in [0.2, 0.25) is 0 Å². The van der Waals surface area contributed by atoms with Gasteiger partial charge >= 0.3 is 0 Å². The summed E-state index contributed by atoms with van der Waals surface area (Å²) in [5.41, 5.74) is 0.481. The summed E-state index contributed by atoms with van der Waals surface area (Å²) in [6.45, 7) is 0.0244. The Morgan fingerprint density at radius 3 is 2.31 bits per heavy atom. The van der Waals surface area contributed by atoms with Crippen LogP contribution in [-0.2, 0) is 21.4 Å². The molecule has 0 aliphatic carbocycles. The summed E-state index contributed by atoms with van der Waals surface area (Å²) in [5, 5.41) is 2.36. The van der Waals surface area contributed by atoms with E-state index in [1.54, 1.807) is 24.3 Å². The highest BCUT2D eigenvalue weighted by Crippen LogP contribution is 2.13. The van der Waals surface area contributed by atoms with Gasteiger partial charge in [0, 0.05) is 24.7 Å². The van der Waals surface area contributed by atoms with E-state index in [9.17, 15) is 22.0 Å². The molecule has 0 bridgehead atoms. The number of hydrogen-bond acceptors (Lipinski definition) is 3. The van der Waals surface area contributed by atoms with Crippen LogP contribution in [0.5, 0.6) is 0 Å². The highest BCUT2D eigenvalue weighted by atomic mass is 32.2. The zero-order valence-corrected chi connectivity index (χ0v) is 14.6. The fourth-order valence-corrected chi connectivity index (χ4v) is 2.96. The number of carbonyl (C=O) groups excluding carboxylic acids is 1. The summed E-state index contributed by atoms with van der Waals surface area (Å²) in [4.78, 5) is 11.6. The van der Waals surface area contributed by atoms with E-state index in [-0.39, 0.29) is 24.4 Å².